The number of amides is 2. The molecule has 1 aromatic rings. The first-order chi connectivity index (χ1) is 9.22. The molecule has 0 bridgehead atoms. The maximum Gasteiger partial charge on any atom is 0.262 e. The summed E-state index contributed by atoms with van der Waals surface area (Å²) in [7, 11) is 0. The Morgan fingerprint density at radius 2 is 2.21 bits per heavy atom. The van der Waals surface area contributed by atoms with Gasteiger partial charge in [-0.2, -0.15) is 0 Å². The van der Waals surface area contributed by atoms with Gasteiger partial charge in [0.1, 0.15) is 6.04 Å². The van der Waals surface area contributed by atoms with Crippen molar-refractivity contribution in [2.45, 2.75) is 6.04 Å². The molecule has 2 rings (SSSR count). The summed E-state index contributed by atoms with van der Waals surface area (Å²) in [6.45, 7) is 1.55. The minimum atomic E-state index is -0.896. The fourth-order valence-electron chi connectivity index (χ4n) is 1.83. The number of aliphatic hydroxyl groups excluding tert-OH is 1. The van der Waals surface area contributed by atoms with Crippen molar-refractivity contribution in [3.05, 3.63) is 22.4 Å². The van der Waals surface area contributed by atoms with Gasteiger partial charge in [0.25, 0.3) is 5.91 Å². The standard InChI is InChI=1S/C12H16N2O4S/c15-8-9(12(17)14-3-5-18-6-4-14)13-11(16)10-2-1-7-19-10/h1-2,7,9,15H,3-6,8H2,(H,13,16). The third kappa shape index (κ3) is 3.52. The van der Waals surface area contributed by atoms with E-state index in [1.807, 2.05) is 0 Å². The number of morpholine rings is 1. The highest BCUT2D eigenvalue weighted by Gasteiger charge is 2.27. The van der Waals surface area contributed by atoms with Crippen molar-refractivity contribution in [3.63, 3.8) is 0 Å². The zero-order valence-corrected chi connectivity index (χ0v) is 11.2. The van der Waals surface area contributed by atoms with Crippen molar-refractivity contribution in [2.75, 3.05) is 32.9 Å². The molecule has 1 fully saturated rings. The Balaban J connectivity index is 1.95. The van der Waals surface area contributed by atoms with Crippen LogP contribution < -0.4 is 5.32 Å². The van der Waals surface area contributed by atoms with E-state index >= 15 is 0 Å². The van der Waals surface area contributed by atoms with Crippen LogP contribution in [0.25, 0.3) is 0 Å². The second-order valence-electron chi connectivity index (χ2n) is 4.12. The summed E-state index contributed by atoms with van der Waals surface area (Å²) in [6.07, 6.45) is 0. The van der Waals surface area contributed by atoms with E-state index in [-0.39, 0.29) is 11.8 Å². The molecule has 2 heterocycles. The number of carbonyl (C=O) groups excluding carboxylic acids is 2. The Labute approximate surface area is 115 Å². The number of rotatable bonds is 4. The second-order valence-corrected chi connectivity index (χ2v) is 5.07. The molecule has 2 amide bonds. The fraction of sp³-hybridized carbons (Fsp3) is 0.500. The number of thiophene rings is 1. The lowest BCUT2D eigenvalue weighted by molar-refractivity contribution is -0.138. The highest BCUT2D eigenvalue weighted by Crippen LogP contribution is 2.09. The molecule has 0 aliphatic carbocycles. The molecule has 0 spiro atoms. The molecule has 104 valence electrons. The second kappa shape index (κ2) is 6.65. The first-order valence-corrected chi connectivity index (χ1v) is 6.92. The maximum atomic E-state index is 12.1. The Morgan fingerprint density at radius 3 is 2.79 bits per heavy atom. The van der Waals surface area contributed by atoms with Gasteiger partial charge in [0.05, 0.1) is 24.7 Å². The summed E-state index contributed by atoms with van der Waals surface area (Å²) in [5.74, 6) is -0.605. The molecule has 19 heavy (non-hydrogen) atoms. The molecular formula is C12H16N2O4S. The lowest BCUT2D eigenvalue weighted by Gasteiger charge is -2.30. The first-order valence-electron chi connectivity index (χ1n) is 6.04. The molecule has 1 saturated heterocycles. The van der Waals surface area contributed by atoms with Crippen LogP contribution in [0.15, 0.2) is 17.5 Å². The van der Waals surface area contributed by atoms with Crippen molar-refractivity contribution in [3.8, 4) is 0 Å². The third-order valence-corrected chi connectivity index (χ3v) is 3.72. The van der Waals surface area contributed by atoms with E-state index in [1.54, 1.807) is 22.4 Å². The average Bonchev–Trinajstić information content (AvgIpc) is 2.99. The summed E-state index contributed by atoms with van der Waals surface area (Å²) in [6, 6.07) is 2.54. The average molecular weight is 284 g/mol. The largest absolute Gasteiger partial charge is 0.394 e. The molecule has 1 aliphatic heterocycles. The minimum Gasteiger partial charge on any atom is -0.394 e. The number of hydrogen-bond acceptors (Lipinski definition) is 5. The SMILES string of the molecule is O=C(NC(CO)C(=O)N1CCOCC1)c1cccs1. The highest BCUT2D eigenvalue weighted by molar-refractivity contribution is 7.12. The topological polar surface area (TPSA) is 78.9 Å². The van der Waals surface area contributed by atoms with Crippen LogP contribution in [0.1, 0.15) is 9.67 Å². The van der Waals surface area contributed by atoms with Gasteiger partial charge >= 0.3 is 0 Å². The normalized spacial score (nSPS) is 17.0. The van der Waals surface area contributed by atoms with E-state index in [0.29, 0.717) is 31.2 Å². The summed E-state index contributed by atoms with van der Waals surface area (Å²) < 4.78 is 5.16. The molecule has 1 atom stereocenters. The number of nitrogens with one attached hydrogen (secondary N) is 1. The van der Waals surface area contributed by atoms with E-state index in [0.717, 1.165) is 0 Å². The van der Waals surface area contributed by atoms with Crippen LogP contribution in [0.5, 0.6) is 0 Å². The van der Waals surface area contributed by atoms with Gasteiger partial charge in [0.2, 0.25) is 5.91 Å². The van der Waals surface area contributed by atoms with Crippen molar-refractivity contribution >= 4 is 23.2 Å². The van der Waals surface area contributed by atoms with E-state index in [1.165, 1.54) is 11.3 Å². The maximum absolute atomic E-state index is 12.1. The molecule has 0 radical (unpaired) electrons. The van der Waals surface area contributed by atoms with Gasteiger partial charge in [-0.15, -0.1) is 11.3 Å². The summed E-state index contributed by atoms with van der Waals surface area (Å²) in [5, 5.41) is 13.6. The monoisotopic (exact) mass is 284 g/mol. The molecular weight excluding hydrogens is 268 g/mol. The number of ether oxygens (including phenoxy) is 1. The number of hydrogen-bond donors (Lipinski definition) is 2. The molecule has 0 saturated carbocycles. The van der Waals surface area contributed by atoms with Crippen molar-refractivity contribution in [2.24, 2.45) is 0 Å². The van der Waals surface area contributed by atoms with Crippen LogP contribution in [0, 0.1) is 0 Å². The van der Waals surface area contributed by atoms with Crippen LogP contribution in [0.2, 0.25) is 0 Å². The van der Waals surface area contributed by atoms with E-state index in [2.05, 4.69) is 5.32 Å². The Hall–Kier alpha value is -1.44. The molecule has 1 unspecified atom stereocenters. The number of nitrogens with zero attached hydrogens (tertiary/aromatic N) is 1. The van der Waals surface area contributed by atoms with Gasteiger partial charge in [-0.1, -0.05) is 6.07 Å². The zero-order valence-electron chi connectivity index (χ0n) is 10.4. The van der Waals surface area contributed by atoms with Crippen LogP contribution >= 0.6 is 11.3 Å². The van der Waals surface area contributed by atoms with Gasteiger partial charge in [0, 0.05) is 13.1 Å². The molecule has 1 aromatic heterocycles. The summed E-state index contributed by atoms with van der Waals surface area (Å²) in [4.78, 5) is 26.1. The Kier molecular flexibility index (Phi) is 4.89. The first kappa shape index (κ1) is 14.0. The number of carbonyl (C=O) groups is 2. The lowest BCUT2D eigenvalue weighted by Crippen LogP contribution is -2.53. The Morgan fingerprint density at radius 1 is 1.47 bits per heavy atom. The lowest BCUT2D eigenvalue weighted by atomic mass is 10.2. The summed E-state index contributed by atoms with van der Waals surface area (Å²) in [5.41, 5.74) is 0. The molecule has 2 N–H and O–H groups in total. The van der Waals surface area contributed by atoms with Crippen LogP contribution in [-0.4, -0.2) is 60.8 Å². The number of aliphatic hydroxyl groups is 1. The quantitative estimate of drug-likeness (QED) is 0.795. The van der Waals surface area contributed by atoms with Gasteiger partial charge < -0.3 is 20.1 Å². The molecule has 7 heteroatoms. The van der Waals surface area contributed by atoms with E-state index in [4.69, 9.17) is 4.74 Å². The fourth-order valence-corrected chi connectivity index (χ4v) is 2.45. The van der Waals surface area contributed by atoms with Crippen LogP contribution in [0.4, 0.5) is 0 Å². The van der Waals surface area contributed by atoms with Gasteiger partial charge in [0.15, 0.2) is 0 Å². The van der Waals surface area contributed by atoms with E-state index in [9.17, 15) is 14.7 Å². The third-order valence-electron chi connectivity index (χ3n) is 2.85. The van der Waals surface area contributed by atoms with Crippen LogP contribution in [-0.2, 0) is 9.53 Å². The molecule has 6 nitrogen and oxygen atoms in total. The van der Waals surface area contributed by atoms with Crippen molar-refractivity contribution in [1.82, 2.24) is 10.2 Å². The van der Waals surface area contributed by atoms with E-state index < -0.39 is 12.6 Å². The minimum absolute atomic E-state index is 0.268. The summed E-state index contributed by atoms with van der Waals surface area (Å²) >= 11 is 1.29. The Bertz CT molecular complexity index is 429. The predicted octanol–water partition coefficient (Wildman–Crippen LogP) is -0.302. The smallest absolute Gasteiger partial charge is 0.262 e. The van der Waals surface area contributed by atoms with Crippen molar-refractivity contribution < 1.29 is 19.4 Å². The highest BCUT2D eigenvalue weighted by atomic mass is 32.1. The molecule has 0 aromatic carbocycles. The van der Waals surface area contributed by atoms with Gasteiger partial charge in [-0.25, -0.2) is 0 Å². The van der Waals surface area contributed by atoms with Gasteiger partial charge in [-0.05, 0) is 11.4 Å². The predicted molar refractivity (Wildman–Crippen MR) is 70.1 cm³/mol. The molecule has 1 aliphatic rings. The van der Waals surface area contributed by atoms with Crippen LogP contribution in [0.3, 0.4) is 0 Å². The zero-order chi connectivity index (χ0) is 13.7. The van der Waals surface area contributed by atoms with Gasteiger partial charge in [-0.3, -0.25) is 9.59 Å². The van der Waals surface area contributed by atoms with Crippen molar-refractivity contribution in [1.29, 1.82) is 0 Å².